The normalized spacial score (nSPS) is 10.6. The Morgan fingerprint density at radius 1 is 1.15 bits per heavy atom. The molecule has 0 fully saturated rings. The van der Waals surface area contributed by atoms with Gasteiger partial charge in [-0.1, -0.05) is 5.16 Å². The molecule has 0 atom stereocenters. The van der Waals surface area contributed by atoms with Gasteiger partial charge in [-0.3, -0.25) is 24.4 Å². The molecule has 14 nitrogen and oxygen atoms in total. The Morgan fingerprint density at radius 3 is 2.50 bits per heavy atom. The Kier molecular flexibility index (Phi) is 7.40. The zero-order chi connectivity index (χ0) is 24.8. The first-order chi connectivity index (χ1) is 16.2. The van der Waals surface area contributed by atoms with Crippen molar-refractivity contribution in [3.8, 4) is 22.9 Å². The molecular weight excluding hydrogens is 450 g/mol. The molecule has 0 saturated carbocycles. The van der Waals surface area contributed by atoms with Gasteiger partial charge in [0, 0.05) is 18.7 Å². The first kappa shape index (κ1) is 24.2. The highest BCUT2D eigenvalue weighted by atomic mass is 16.6. The minimum Gasteiger partial charge on any atom is -0.493 e. The topological polar surface area (TPSA) is 177 Å². The number of amides is 2. The van der Waals surface area contributed by atoms with Gasteiger partial charge in [-0.15, -0.1) is 0 Å². The third kappa shape index (κ3) is 5.28. The van der Waals surface area contributed by atoms with E-state index in [1.165, 1.54) is 32.7 Å². The summed E-state index contributed by atoms with van der Waals surface area (Å²) in [7, 11) is 3.01. The lowest BCUT2D eigenvalue weighted by atomic mass is 10.2. The van der Waals surface area contributed by atoms with Crippen LogP contribution in [-0.2, 0) is 11.3 Å². The van der Waals surface area contributed by atoms with Crippen LogP contribution in [0.1, 0.15) is 22.1 Å². The molecule has 0 spiro atoms. The number of aromatic nitrogens is 4. The summed E-state index contributed by atoms with van der Waals surface area (Å²) in [6, 6.07) is 5.02. The minimum atomic E-state index is -0.609. The summed E-state index contributed by atoms with van der Waals surface area (Å²) in [6.07, 6.45) is 0. The molecule has 14 heteroatoms. The maximum atomic E-state index is 12.3. The molecule has 1 aromatic carbocycles. The van der Waals surface area contributed by atoms with E-state index in [-0.39, 0.29) is 48.4 Å². The van der Waals surface area contributed by atoms with Crippen LogP contribution < -0.4 is 20.1 Å². The number of hydrogen-bond acceptors (Lipinski definition) is 10. The number of nitrogens with one attached hydrogen (secondary N) is 2. The number of methoxy groups -OCH3 is 2. The monoisotopic (exact) mass is 473 g/mol. The predicted molar refractivity (Wildman–Crippen MR) is 117 cm³/mol. The Balaban J connectivity index is 1.50. The summed E-state index contributed by atoms with van der Waals surface area (Å²) < 4.78 is 16.7. The zero-order valence-corrected chi connectivity index (χ0v) is 18.9. The Labute approximate surface area is 193 Å². The molecule has 2 heterocycles. The number of carbonyl (C=O) groups excluding carboxylic acids is 2. The molecule has 3 aromatic rings. The third-order valence-corrected chi connectivity index (χ3v) is 4.81. The lowest BCUT2D eigenvalue weighted by Crippen LogP contribution is -2.36. The molecule has 3 rings (SSSR count). The van der Waals surface area contributed by atoms with Crippen molar-refractivity contribution in [2.45, 2.75) is 20.4 Å². The second kappa shape index (κ2) is 10.4. The molecule has 2 amide bonds. The average Bonchev–Trinajstić information content (AvgIpc) is 3.41. The van der Waals surface area contributed by atoms with Crippen molar-refractivity contribution in [1.82, 2.24) is 30.6 Å². The van der Waals surface area contributed by atoms with Crippen molar-refractivity contribution in [2.24, 2.45) is 0 Å². The van der Waals surface area contributed by atoms with Crippen LogP contribution in [0.4, 0.5) is 5.69 Å². The fourth-order valence-corrected chi connectivity index (χ4v) is 3.16. The number of aryl methyl sites for hydroxylation is 1. The smallest absolute Gasteiger partial charge is 0.316 e. The Hall–Kier alpha value is -4.49. The number of carbonyl (C=O) groups is 2. The van der Waals surface area contributed by atoms with Crippen molar-refractivity contribution in [3.05, 3.63) is 45.6 Å². The van der Waals surface area contributed by atoms with Gasteiger partial charge in [0.2, 0.25) is 11.7 Å². The molecule has 2 aromatic heterocycles. The van der Waals surface area contributed by atoms with Crippen molar-refractivity contribution in [1.29, 1.82) is 0 Å². The number of nitrogens with zero attached hydrogens (tertiary/aromatic N) is 5. The van der Waals surface area contributed by atoms with E-state index in [1.54, 1.807) is 18.2 Å². The number of benzene rings is 1. The quantitative estimate of drug-likeness (QED) is 0.245. The molecular formula is C20H23N7O7. The maximum absolute atomic E-state index is 12.3. The van der Waals surface area contributed by atoms with Crippen LogP contribution in [0.3, 0.4) is 0 Å². The fourth-order valence-electron chi connectivity index (χ4n) is 3.16. The van der Waals surface area contributed by atoms with Crippen molar-refractivity contribution >= 4 is 17.5 Å². The van der Waals surface area contributed by atoms with Gasteiger partial charge in [-0.25, -0.2) is 0 Å². The summed E-state index contributed by atoms with van der Waals surface area (Å²) in [5.41, 5.74) is 0.964. The van der Waals surface area contributed by atoms with E-state index in [2.05, 4.69) is 25.9 Å². The first-order valence-electron chi connectivity index (χ1n) is 10.0. The molecule has 0 saturated heterocycles. The van der Waals surface area contributed by atoms with Crippen LogP contribution in [0.5, 0.6) is 11.5 Å². The van der Waals surface area contributed by atoms with Crippen LogP contribution in [0.25, 0.3) is 11.4 Å². The number of hydrogen-bond donors (Lipinski definition) is 2. The summed E-state index contributed by atoms with van der Waals surface area (Å²) >= 11 is 0. The molecule has 0 radical (unpaired) electrons. The Bertz CT molecular complexity index is 1220. The molecule has 180 valence electrons. The van der Waals surface area contributed by atoms with Crippen LogP contribution in [0.2, 0.25) is 0 Å². The number of rotatable bonds is 10. The summed E-state index contributed by atoms with van der Waals surface area (Å²) in [5, 5.41) is 24.0. The van der Waals surface area contributed by atoms with Crippen LogP contribution in [-0.4, -0.2) is 64.0 Å². The van der Waals surface area contributed by atoms with E-state index >= 15 is 0 Å². The van der Waals surface area contributed by atoms with Gasteiger partial charge in [-0.2, -0.15) is 10.1 Å². The lowest BCUT2D eigenvalue weighted by molar-refractivity contribution is -0.386. The summed E-state index contributed by atoms with van der Waals surface area (Å²) in [4.78, 5) is 39.0. The van der Waals surface area contributed by atoms with E-state index < -0.39 is 16.7 Å². The SMILES string of the molecule is COc1ccc(-c2noc(C(=O)NCCNC(=O)Cn3nc(C)c([N+](=O)[O-])c3C)n2)cc1OC. The van der Waals surface area contributed by atoms with Gasteiger partial charge < -0.3 is 24.6 Å². The van der Waals surface area contributed by atoms with E-state index in [9.17, 15) is 19.7 Å². The van der Waals surface area contributed by atoms with Crippen LogP contribution >= 0.6 is 0 Å². The third-order valence-electron chi connectivity index (χ3n) is 4.81. The molecule has 0 bridgehead atoms. The average molecular weight is 473 g/mol. The van der Waals surface area contributed by atoms with E-state index in [1.807, 2.05) is 0 Å². The van der Waals surface area contributed by atoms with Gasteiger partial charge in [0.1, 0.15) is 17.9 Å². The van der Waals surface area contributed by atoms with Gasteiger partial charge in [-0.05, 0) is 32.0 Å². The van der Waals surface area contributed by atoms with Crippen molar-refractivity contribution in [2.75, 3.05) is 27.3 Å². The van der Waals surface area contributed by atoms with Gasteiger partial charge in [0.05, 0.1) is 19.1 Å². The highest BCUT2D eigenvalue weighted by Gasteiger charge is 2.23. The first-order valence-corrected chi connectivity index (χ1v) is 10.0. The van der Waals surface area contributed by atoms with E-state index in [0.717, 1.165) is 0 Å². The molecule has 34 heavy (non-hydrogen) atoms. The van der Waals surface area contributed by atoms with Gasteiger partial charge in [0.25, 0.3) is 0 Å². The lowest BCUT2D eigenvalue weighted by Gasteiger charge is -2.07. The van der Waals surface area contributed by atoms with Crippen molar-refractivity contribution < 1.29 is 28.5 Å². The fraction of sp³-hybridized carbons (Fsp3) is 0.350. The van der Waals surface area contributed by atoms with Crippen molar-refractivity contribution in [3.63, 3.8) is 0 Å². The molecule has 0 aliphatic carbocycles. The minimum absolute atomic E-state index is 0.0932. The summed E-state index contributed by atoms with van der Waals surface area (Å²) in [5.74, 6) is -0.0668. The van der Waals surface area contributed by atoms with E-state index in [4.69, 9.17) is 14.0 Å². The van der Waals surface area contributed by atoms with Gasteiger partial charge in [0.15, 0.2) is 11.5 Å². The second-order valence-electron chi connectivity index (χ2n) is 7.03. The van der Waals surface area contributed by atoms with Crippen LogP contribution in [0.15, 0.2) is 22.7 Å². The highest BCUT2D eigenvalue weighted by molar-refractivity contribution is 5.90. The molecule has 2 N–H and O–H groups in total. The van der Waals surface area contributed by atoms with E-state index in [0.29, 0.717) is 17.1 Å². The highest BCUT2D eigenvalue weighted by Crippen LogP contribution is 2.31. The number of ether oxygens (including phenoxy) is 2. The maximum Gasteiger partial charge on any atom is 0.316 e. The molecule has 0 aliphatic rings. The van der Waals surface area contributed by atoms with Gasteiger partial charge >= 0.3 is 17.5 Å². The Morgan fingerprint density at radius 2 is 1.85 bits per heavy atom. The second-order valence-corrected chi connectivity index (χ2v) is 7.03. The molecule has 0 unspecified atom stereocenters. The standard InChI is InChI=1S/C20H23N7O7/c1-11-17(27(30)31)12(2)26(24-11)10-16(28)21-7-8-22-19(29)20-23-18(25-34-20)13-5-6-14(32-3)15(9-13)33-4/h5-6,9H,7-8,10H2,1-4H3,(H,21,28)(H,22,29). The predicted octanol–water partition coefficient (Wildman–Crippen LogP) is 1.02. The zero-order valence-electron chi connectivity index (χ0n) is 18.9. The summed E-state index contributed by atoms with van der Waals surface area (Å²) in [6.45, 7) is 3.04. The largest absolute Gasteiger partial charge is 0.493 e. The molecule has 0 aliphatic heterocycles. The number of nitro groups is 1. The van der Waals surface area contributed by atoms with Crippen LogP contribution in [0, 0.1) is 24.0 Å².